The van der Waals surface area contributed by atoms with Crippen molar-refractivity contribution >= 4 is 29.4 Å². The van der Waals surface area contributed by atoms with Gasteiger partial charge in [0.2, 0.25) is 11.9 Å². The zero-order valence-corrected chi connectivity index (χ0v) is 21.8. The summed E-state index contributed by atoms with van der Waals surface area (Å²) < 4.78 is 20.6. The summed E-state index contributed by atoms with van der Waals surface area (Å²) in [6.45, 7) is 3.16. The number of nitrogens with zero attached hydrogens (tertiary/aromatic N) is 3. The molecule has 2 aliphatic rings. The molecule has 0 saturated carbocycles. The number of hydrogen-bond acceptors (Lipinski definition) is 6. The molecule has 1 aromatic heterocycles. The number of carbonyl (C=O) groups excluding carboxylic acids is 2. The second-order valence-corrected chi connectivity index (χ2v) is 9.91. The molecule has 5 rings (SSSR count). The van der Waals surface area contributed by atoms with Crippen LogP contribution in [0.5, 0.6) is 0 Å². The van der Waals surface area contributed by atoms with Crippen molar-refractivity contribution in [2.24, 2.45) is 0 Å². The van der Waals surface area contributed by atoms with E-state index in [1.54, 1.807) is 6.07 Å². The molecular weight excluding hydrogens is 509 g/mol. The summed E-state index contributed by atoms with van der Waals surface area (Å²) in [5.74, 6) is -0.872. The van der Waals surface area contributed by atoms with E-state index in [0.717, 1.165) is 18.4 Å². The topological polar surface area (TPSA) is 96.5 Å². The lowest BCUT2D eigenvalue weighted by Crippen LogP contribution is -2.39. The van der Waals surface area contributed by atoms with Crippen LogP contribution < -0.4 is 10.6 Å². The molecular formula is C28H29ClFN5O3. The molecule has 0 aliphatic carbocycles. The molecule has 2 N–H and O–H groups in total. The summed E-state index contributed by atoms with van der Waals surface area (Å²) in [7, 11) is 0. The molecule has 0 radical (unpaired) electrons. The first-order valence-corrected chi connectivity index (χ1v) is 13.1. The van der Waals surface area contributed by atoms with Gasteiger partial charge in [-0.15, -0.1) is 0 Å². The number of anilines is 1. The van der Waals surface area contributed by atoms with Gasteiger partial charge in [-0.25, -0.2) is 14.4 Å². The zero-order valence-electron chi connectivity index (χ0n) is 21.0. The number of fused-ring (bicyclic) bond motifs is 1. The molecule has 1 fully saturated rings. The molecule has 2 aliphatic heterocycles. The quantitative estimate of drug-likeness (QED) is 0.430. The van der Waals surface area contributed by atoms with E-state index in [0.29, 0.717) is 36.8 Å². The van der Waals surface area contributed by atoms with Crippen LogP contribution in [0.4, 0.5) is 10.3 Å². The molecule has 3 aromatic rings. The first kappa shape index (κ1) is 26.1. The lowest BCUT2D eigenvalue weighted by molar-refractivity contribution is -0.122. The van der Waals surface area contributed by atoms with Crippen LogP contribution in [0.25, 0.3) is 11.3 Å². The molecule has 1 atom stereocenters. The Morgan fingerprint density at radius 1 is 1.24 bits per heavy atom. The second-order valence-electron chi connectivity index (χ2n) is 9.51. The predicted molar refractivity (Wildman–Crippen MR) is 142 cm³/mol. The Bertz CT molecular complexity index is 1330. The van der Waals surface area contributed by atoms with Gasteiger partial charge in [-0.05, 0) is 37.0 Å². The number of benzene rings is 2. The highest BCUT2D eigenvalue weighted by Crippen LogP contribution is 2.33. The van der Waals surface area contributed by atoms with Crippen LogP contribution in [0.15, 0.2) is 48.7 Å². The van der Waals surface area contributed by atoms with E-state index in [1.807, 2.05) is 37.3 Å². The van der Waals surface area contributed by atoms with Crippen LogP contribution in [0.1, 0.15) is 53.7 Å². The molecule has 198 valence electrons. The summed E-state index contributed by atoms with van der Waals surface area (Å²) in [5, 5.41) is 6.51. The SMILES string of the molecule is CCC(NC(=O)CN1Cc2c(F)cc(-c3nc(NC4CCOCC4)ncc3Cl)cc2C1=O)c1ccccc1. The van der Waals surface area contributed by atoms with Crippen molar-refractivity contribution in [3.05, 3.63) is 76.2 Å². The summed E-state index contributed by atoms with van der Waals surface area (Å²) in [5.41, 5.74) is 2.15. The Morgan fingerprint density at radius 2 is 2.00 bits per heavy atom. The van der Waals surface area contributed by atoms with Gasteiger partial charge < -0.3 is 20.3 Å². The Hall–Kier alpha value is -3.56. The van der Waals surface area contributed by atoms with Gasteiger partial charge in [0.05, 0.1) is 29.5 Å². The van der Waals surface area contributed by atoms with Crippen molar-refractivity contribution < 1.29 is 18.7 Å². The molecule has 10 heteroatoms. The van der Waals surface area contributed by atoms with Crippen LogP contribution in [0.2, 0.25) is 5.02 Å². The van der Waals surface area contributed by atoms with Crippen LogP contribution in [0, 0.1) is 5.82 Å². The highest BCUT2D eigenvalue weighted by atomic mass is 35.5. The fourth-order valence-corrected chi connectivity index (χ4v) is 5.07. The minimum atomic E-state index is -0.543. The number of carbonyl (C=O) groups is 2. The Kier molecular flexibility index (Phi) is 7.85. The minimum Gasteiger partial charge on any atom is -0.381 e. The fraction of sp³-hybridized carbons (Fsp3) is 0.357. The van der Waals surface area contributed by atoms with Crippen molar-refractivity contribution in [1.29, 1.82) is 0 Å². The second kappa shape index (κ2) is 11.4. The smallest absolute Gasteiger partial charge is 0.255 e. The van der Waals surface area contributed by atoms with E-state index in [1.165, 1.54) is 17.2 Å². The molecule has 2 amide bonds. The average Bonchev–Trinajstić information content (AvgIpc) is 3.24. The number of ether oxygens (including phenoxy) is 1. The minimum absolute atomic E-state index is 0.0177. The molecule has 1 unspecified atom stereocenters. The maximum absolute atomic E-state index is 15.2. The number of nitrogens with one attached hydrogen (secondary N) is 2. The number of amides is 2. The largest absolute Gasteiger partial charge is 0.381 e. The summed E-state index contributed by atoms with van der Waals surface area (Å²) in [4.78, 5) is 36.1. The van der Waals surface area contributed by atoms with Crippen LogP contribution >= 0.6 is 11.6 Å². The monoisotopic (exact) mass is 537 g/mol. The Labute approximate surface area is 225 Å². The van der Waals surface area contributed by atoms with E-state index in [2.05, 4.69) is 20.6 Å². The highest BCUT2D eigenvalue weighted by Gasteiger charge is 2.32. The third-order valence-corrected chi connectivity index (χ3v) is 7.19. The summed E-state index contributed by atoms with van der Waals surface area (Å²) in [6.07, 6.45) is 3.83. The molecule has 8 nitrogen and oxygen atoms in total. The third kappa shape index (κ3) is 5.63. The van der Waals surface area contributed by atoms with Gasteiger partial charge in [0.15, 0.2) is 0 Å². The Morgan fingerprint density at radius 3 is 2.74 bits per heavy atom. The fourth-order valence-electron chi connectivity index (χ4n) is 4.87. The van der Waals surface area contributed by atoms with E-state index < -0.39 is 11.7 Å². The van der Waals surface area contributed by atoms with E-state index in [-0.39, 0.29) is 47.2 Å². The number of aromatic nitrogens is 2. The van der Waals surface area contributed by atoms with Crippen molar-refractivity contribution in [1.82, 2.24) is 20.2 Å². The third-order valence-electron chi connectivity index (χ3n) is 6.91. The summed E-state index contributed by atoms with van der Waals surface area (Å²) >= 11 is 6.38. The van der Waals surface area contributed by atoms with E-state index in [9.17, 15) is 9.59 Å². The van der Waals surface area contributed by atoms with Gasteiger partial charge in [-0.2, -0.15) is 0 Å². The highest BCUT2D eigenvalue weighted by molar-refractivity contribution is 6.33. The van der Waals surface area contributed by atoms with E-state index in [4.69, 9.17) is 16.3 Å². The van der Waals surface area contributed by atoms with Crippen molar-refractivity contribution in [2.45, 2.75) is 44.8 Å². The first-order chi connectivity index (χ1) is 18.4. The van der Waals surface area contributed by atoms with Gasteiger partial charge >= 0.3 is 0 Å². The first-order valence-electron chi connectivity index (χ1n) is 12.8. The van der Waals surface area contributed by atoms with Gasteiger partial charge in [-0.3, -0.25) is 9.59 Å². The van der Waals surface area contributed by atoms with Crippen molar-refractivity contribution in [2.75, 3.05) is 25.1 Å². The lowest BCUT2D eigenvalue weighted by atomic mass is 10.0. The number of hydrogen-bond donors (Lipinski definition) is 2. The standard InChI is InChI=1S/C28H29ClFN5O3/c1-2-24(17-6-4-3-5-7-17)33-25(36)16-35-15-21-20(27(35)37)12-18(13-23(21)30)26-22(29)14-31-28(34-26)32-19-8-10-38-11-9-19/h3-7,12-14,19,24H,2,8-11,15-16H2,1H3,(H,33,36)(H,31,32,34). The maximum Gasteiger partial charge on any atom is 0.255 e. The number of halogens is 2. The van der Waals surface area contributed by atoms with Crippen LogP contribution in [-0.4, -0.2) is 52.5 Å². The maximum atomic E-state index is 15.2. The Balaban J connectivity index is 1.32. The molecule has 1 saturated heterocycles. The van der Waals surface area contributed by atoms with Gasteiger partial charge in [0, 0.05) is 35.9 Å². The molecule has 0 bridgehead atoms. The van der Waals surface area contributed by atoms with Crippen molar-refractivity contribution in [3.8, 4) is 11.3 Å². The predicted octanol–water partition coefficient (Wildman–Crippen LogP) is 4.75. The van der Waals surface area contributed by atoms with Gasteiger partial charge in [0.1, 0.15) is 12.4 Å². The van der Waals surface area contributed by atoms with Gasteiger partial charge in [0.25, 0.3) is 5.91 Å². The molecule has 2 aromatic carbocycles. The van der Waals surface area contributed by atoms with Crippen LogP contribution in [0.3, 0.4) is 0 Å². The van der Waals surface area contributed by atoms with Crippen molar-refractivity contribution in [3.63, 3.8) is 0 Å². The molecule has 38 heavy (non-hydrogen) atoms. The van der Waals surface area contributed by atoms with Crippen LogP contribution in [-0.2, 0) is 16.1 Å². The number of rotatable bonds is 8. The molecule has 0 spiro atoms. The normalized spacial score (nSPS) is 16.3. The lowest BCUT2D eigenvalue weighted by Gasteiger charge is -2.23. The summed E-state index contributed by atoms with van der Waals surface area (Å²) in [6, 6.07) is 12.6. The molecule has 3 heterocycles. The van der Waals surface area contributed by atoms with Gasteiger partial charge in [-0.1, -0.05) is 48.9 Å². The zero-order chi connectivity index (χ0) is 26.6. The van der Waals surface area contributed by atoms with E-state index >= 15 is 4.39 Å². The average molecular weight is 538 g/mol.